The number of hydrogen-bond donors (Lipinski definition) is 3. The Morgan fingerprint density at radius 1 is 1.21 bits per heavy atom. The van der Waals surface area contributed by atoms with Crippen LogP contribution in [0.25, 0.3) is 10.2 Å². The third kappa shape index (κ3) is 3.56. The van der Waals surface area contributed by atoms with E-state index in [2.05, 4.69) is 15.6 Å². The number of amides is 2. The van der Waals surface area contributed by atoms with Crippen LogP contribution < -0.4 is 10.6 Å². The smallest absolute Gasteiger partial charge is 0.268 e. The first kappa shape index (κ1) is 16.8. The number of nitrogens with one attached hydrogen (secondary N) is 3. The molecule has 0 radical (unpaired) electrons. The molecule has 24 heavy (non-hydrogen) atoms. The van der Waals surface area contributed by atoms with Gasteiger partial charge in [0.1, 0.15) is 10.0 Å². The Bertz CT molecular complexity index is 915. The molecular formula is C16H13Cl2N3O2S. The van der Waals surface area contributed by atoms with E-state index >= 15 is 0 Å². The van der Waals surface area contributed by atoms with E-state index in [0.29, 0.717) is 26.3 Å². The standard InChI is InChI=1S/C16H13Cl2N3O2S/c1-8-2-4-9(5-3-8)20-12(22)7-19-16(23)10-6-11-14(21-10)13(17)15(18)24-11/h2-6,21H,7H2,1H3,(H,19,23)(H,20,22). The number of H-pyrrole nitrogens is 1. The highest BCUT2D eigenvalue weighted by atomic mass is 35.5. The largest absolute Gasteiger partial charge is 0.349 e. The Hall–Kier alpha value is -2.02. The van der Waals surface area contributed by atoms with E-state index in [-0.39, 0.29) is 18.4 Å². The summed E-state index contributed by atoms with van der Waals surface area (Å²) in [7, 11) is 0. The lowest BCUT2D eigenvalue weighted by molar-refractivity contribution is -0.115. The number of rotatable bonds is 4. The van der Waals surface area contributed by atoms with E-state index in [1.807, 2.05) is 19.1 Å². The predicted molar refractivity (Wildman–Crippen MR) is 98.3 cm³/mol. The van der Waals surface area contributed by atoms with E-state index in [1.54, 1.807) is 18.2 Å². The van der Waals surface area contributed by atoms with Crippen LogP contribution >= 0.6 is 34.5 Å². The molecule has 0 atom stereocenters. The normalized spacial score (nSPS) is 10.8. The fourth-order valence-corrected chi connectivity index (χ4v) is 3.62. The van der Waals surface area contributed by atoms with Crippen molar-refractivity contribution in [2.75, 3.05) is 11.9 Å². The van der Waals surface area contributed by atoms with Crippen LogP contribution in [-0.2, 0) is 4.79 Å². The third-order valence-corrected chi connectivity index (χ3v) is 5.29. The van der Waals surface area contributed by atoms with Crippen molar-refractivity contribution in [3.05, 3.63) is 50.9 Å². The zero-order valence-corrected chi connectivity index (χ0v) is 14.9. The molecule has 2 heterocycles. The number of aromatic nitrogens is 1. The molecule has 0 aliphatic rings. The van der Waals surface area contributed by atoms with Gasteiger partial charge in [-0.05, 0) is 25.1 Å². The minimum atomic E-state index is -0.385. The molecule has 3 aromatic rings. The maximum absolute atomic E-state index is 12.1. The minimum absolute atomic E-state index is 0.131. The first-order chi connectivity index (χ1) is 11.4. The third-order valence-electron chi connectivity index (χ3n) is 3.36. The minimum Gasteiger partial charge on any atom is -0.349 e. The van der Waals surface area contributed by atoms with Gasteiger partial charge in [0, 0.05) is 5.69 Å². The average Bonchev–Trinajstić information content (AvgIpc) is 3.08. The molecule has 3 rings (SSSR count). The molecule has 8 heteroatoms. The summed E-state index contributed by atoms with van der Waals surface area (Å²) in [6.07, 6.45) is 0. The number of benzene rings is 1. The van der Waals surface area contributed by atoms with Crippen molar-refractivity contribution in [1.82, 2.24) is 10.3 Å². The van der Waals surface area contributed by atoms with Crippen molar-refractivity contribution in [3.63, 3.8) is 0 Å². The SMILES string of the molecule is Cc1ccc(NC(=O)CNC(=O)c2cc3sc(Cl)c(Cl)c3[nH]2)cc1. The van der Waals surface area contributed by atoms with Gasteiger partial charge >= 0.3 is 0 Å². The number of hydrogen-bond acceptors (Lipinski definition) is 3. The van der Waals surface area contributed by atoms with E-state index in [9.17, 15) is 9.59 Å². The molecule has 0 spiro atoms. The van der Waals surface area contributed by atoms with E-state index < -0.39 is 0 Å². The first-order valence-electron chi connectivity index (χ1n) is 7.05. The molecule has 0 bridgehead atoms. The molecule has 5 nitrogen and oxygen atoms in total. The maximum Gasteiger partial charge on any atom is 0.268 e. The molecule has 1 aromatic carbocycles. The summed E-state index contributed by atoms with van der Waals surface area (Å²) >= 11 is 13.3. The van der Waals surface area contributed by atoms with Crippen LogP contribution in [0.1, 0.15) is 16.1 Å². The monoisotopic (exact) mass is 381 g/mol. The van der Waals surface area contributed by atoms with Crippen LogP contribution in [0.5, 0.6) is 0 Å². The van der Waals surface area contributed by atoms with Gasteiger partial charge in [-0.1, -0.05) is 40.9 Å². The van der Waals surface area contributed by atoms with Crippen molar-refractivity contribution in [2.24, 2.45) is 0 Å². The summed E-state index contributed by atoms with van der Waals surface area (Å²) in [6, 6.07) is 9.06. The Balaban J connectivity index is 1.59. The van der Waals surface area contributed by atoms with Crippen LogP contribution in [0.15, 0.2) is 30.3 Å². The zero-order chi connectivity index (χ0) is 17.3. The topological polar surface area (TPSA) is 74.0 Å². The molecule has 3 N–H and O–H groups in total. The molecule has 0 unspecified atom stereocenters. The highest BCUT2D eigenvalue weighted by molar-refractivity contribution is 7.23. The number of carbonyl (C=O) groups is 2. The van der Waals surface area contributed by atoms with Crippen molar-refractivity contribution in [2.45, 2.75) is 6.92 Å². The van der Waals surface area contributed by atoms with Crippen molar-refractivity contribution in [1.29, 1.82) is 0 Å². The molecular weight excluding hydrogens is 369 g/mol. The first-order valence-corrected chi connectivity index (χ1v) is 8.62. The van der Waals surface area contributed by atoms with Gasteiger partial charge < -0.3 is 15.6 Å². The van der Waals surface area contributed by atoms with E-state index in [0.717, 1.165) is 10.3 Å². The second-order valence-electron chi connectivity index (χ2n) is 5.21. The van der Waals surface area contributed by atoms with Crippen LogP contribution in [0.3, 0.4) is 0 Å². The van der Waals surface area contributed by atoms with Crippen LogP contribution in [0, 0.1) is 6.92 Å². The summed E-state index contributed by atoms with van der Waals surface area (Å²) < 4.78 is 1.27. The summed E-state index contributed by atoms with van der Waals surface area (Å²) in [5, 5.41) is 5.67. The van der Waals surface area contributed by atoms with Crippen LogP contribution in [-0.4, -0.2) is 23.3 Å². The van der Waals surface area contributed by atoms with Gasteiger partial charge in [0.05, 0.1) is 21.8 Å². The summed E-state index contributed by atoms with van der Waals surface area (Å²) in [6.45, 7) is 1.83. The Morgan fingerprint density at radius 2 is 1.92 bits per heavy atom. The lowest BCUT2D eigenvalue weighted by Gasteiger charge is -2.06. The summed E-state index contributed by atoms with van der Waals surface area (Å²) in [5.74, 6) is -0.689. The Kier molecular flexibility index (Phi) is 4.80. The molecule has 124 valence electrons. The number of aromatic amines is 1. The van der Waals surface area contributed by atoms with Crippen LogP contribution in [0.4, 0.5) is 5.69 Å². The number of thiophene rings is 1. The van der Waals surface area contributed by atoms with Gasteiger partial charge in [0.2, 0.25) is 5.91 Å². The van der Waals surface area contributed by atoms with Gasteiger partial charge in [-0.3, -0.25) is 9.59 Å². The molecule has 0 fully saturated rings. The molecule has 2 amide bonds. The van der Waals surface area contributed by atoms with Crippen LogP contribution in [0.2, 0.25) is 9.36 Å². The second kappa shape index (κ2) is 6.84. The molecule has 2 aromatic heterocycles. The van der Waals surface area contributed by atoms with Crippen molar-refractivity contribution in [3.8, 4) is 0 Å². The fraction of sp³-hybridized carbons (Fsp3) is 0.125. The van der Waals surface area contributed by atoms with Crippen molar-refractivity contribution < 1.29 is 9.59 Å². The zero-order valence-electron chi connectivity index (χ0n) is 12.6. The van der Waals surface area contributed by atoms with Gasteiger partial charge in [-0.15, -0.1) is 11.3 Å². The number of anilines is 1. The Morgan fingerprint density at radius 3 is 2.58 bits per heavy atom. The maximum atomic E-state index is 12.1. The summed E-state index contributed by atoms with van der Waals surface area (Å²) in [5.41, 5.74) is 2.74. The molecule has 0 aliphatic heterocycles. The van der Waals surface area contributed by atoms with Gasteiger partial charge in [-0.2, -0.15) is 0 Å². The van der Waals surface area contributed by atoms with E-state index in [1.165, 1.54) is 11.3 Å². The fourth-order valence-electron chi connectivity index (χ4n) is 2.14. The van der Waals surface area contributed by atoms with Crippen molar-refractivity contribution >= 4 is 62.3 Å². The highest BCUT2D eigenvalue weighted by Gasteiger charge is 2.16. The highest BCUT2D eigenvalue weighted by Crippen LogP contribution is 2.38. The number of aryl methyl sites for hydroxylation is 1. The van der Waals surface area contributed by atoms with E-state index in [4.69, 9.17) is 23.2 Å². The second-order valence-corrected chi connectivity index (χ2v) is 7.24. The quantitative estimate of drug-likeness (QED) is 0.632. The lowest BCUT2D eigenvalue weighted by Crippen LogP contribution is -2.33. The predicted octanol–water partition coefficient (Wildman–Crippen LogP) is 4.21. The lowest BCUT2D eigenvalue weighted by atomic mass is 10.2. The van der Waals surface area contributed by atoms with Gasteiger partial charge in [0.15, 0.2) is 0 Å². The number of fused-ring (bicyclic) bond motifs is 1. The Labute approximate surface area is 152 Å². The van der Waals surface area contributed by atoms with Gasteiger partial charge in [-0.25, -0.2) is 0 Å². The summed E-state index contributed by atoms with van der Waals surface area (Å²) in [4.78, 5) is 26.9. The number of carbonyl (C=O) groups excluding carboxylic acids is 2. The molecule has 0 aliphatic carbocycles. The number of halogens is 2. The average molecular weight is 382 g/mol. The van der Waals surface area contributed by atoms with Gasteiger partial charge in [0.25, 0.3) is 5.91 Å². The molecule has 0 saturated heterocycles. The molecule has 0 saturated carbocycles.